The number of non-ortho nitro benzene ring substituents is 1. The van der Waals surface area contributed by atoms with Crippen LogP contribution in [0.2, 0.25) is 5.02 Å². The Morgan fingerprint density at radius 1 is 1.29 bits per heavy atom. The van der Waals surface area contributed by atoms with Crippen LogP contribution in [0.25, 0.3) is 0 Å². The number of amides is 1. The van der Waals surface area contributed by atoms with Gasteiger partial charge in [-0.15, -0.1) is 0 Å². The van der Waals surface area contributed by atoms with Crippen molar-refractivity contribution >= 4 is 34.6 Å². The molecular weight excluding hydrogens is 384 g/mol. The highest BCUT2D eigenvalue weighted by molar-refractivity contribution is 6.34. The van der Waals surface area contributed by atoms with E-state index in [-0.39, 0.29) is 16.6 Å². The molecule has 148 valence electrons. The van der Waals surface area contributed by atoms with Gasteiger partial charge in [-0.05, 0) is 18.2 Å². The highest BCUT2D eigenvalue weighted by Gasteiger charge is 2.24. The third kappa shape index (κ3) is 4.71. The number of anilines is 2. The monoisotopic (exact) mass is 405 g/mol. The Labute approximate surface area is 167 Å². The van der Waals surface area contributed by atoms with Gasteiger partial charge in [0.15, 0.2) is 6.54 Å². The van der Waals surface area contributed by atoms with Gasteiger partial charge in [-0.2, -0.15) is 0 Å². The average Bonchev–Trinajstić information content (AvgIpc) is 2.70. The first-order valence-electron chi connectivity index (χ1n) is 8.93. The predicted octanol–water partition coefficient (Wildman–Crippen LogP) is 1.60. The van der Waals surface area contributed by atoms with Crippen LogP contribution in [0, 0.1) is 10.1 Å². The van der Waals surface area contributed by atoms with Crippen molar-refractivity contribution in [1.29, 1.82) is 0 Å². The summed E-state index contributed by atoms with van der Waals surface area (Å²) in [6, 6.07) is 11.9. The molecule has 9 heteroatoms. The van der Waals surface area contributed by atoms with Gasteiger partial charge in [-0.3, -0.25) is 14.9 Å². The first kappa shape index (κ1) is 19.9. The first-order valence-corrected chi connectivity index (χ1v) is 9.31. The van der Waals surface area contributed by atoms with Crippen LogP contribution in [0.1, 0.15) is 0 Å². The van der Waals surface area contributed by atoms with Crippen LogP contribution >= 0.6 is 11.6 Å². The molecule has 8 nitrogen and oxygen atoms in total. The summed E-state index contributed by atoms with van der Waals surface area (Å²) >= 11 is 6.03. The van der Waals surface area contributed by atoms with Crippen LogP contribution in [0.5, 0.6) is 5.75 Å². The Hall–Kier alpha value is -2.84. The van der Waals surface area contributed by atoms with Crippen molar-refractivity contribution in [3.05, 3.63) is 57.6 Å². The number of nitrogens with zero attached hydrogens (tertiary/aromatic N) is 2. The first-order chi connectivity index (χ1) is 13.5. The van der Waals surface area contributed by atoms with Crippen molar-refractivity contribution in [2.45, 2.75) is 0 Å². The van der Waals surface area contributed by atoms with Crippen LogP contribution in [0.15, 0.2) is 42.5 Å². The molecule has 1 aliphatic heterocycles. The molecule has 3 rings (SSSR count). The molecule has 1 heterocycles. The molecule has 0 aromatic heterocycles. The Bertz CT molecular complexity index is 869. The van der Waals surface area contributed by atoms with Gasteiger partial charge in [-0.1, -0.05) is 23.7 Å². The smallest absolute Gasteiger partial charge is 0.279 e. The lowest BCUT2D eigenvalue weighted by molar-refractivity contribution is -0.892. The van der Waals surface area contributed by atoms with E-state index in [1.807, 2.05) is 24.3 Å². The molecule has 0 saturated carbocycles. The second-order valence-electron chi connectivity index (χ2n) is 6.56. The van der Waals surface area contributed by atoms with Gasteiger partial charge >= 0.3 is 0 Å². The number of nitro benzene ring substituents is 1. The molecule has 28 heavy (non-hydrogen) atoms. The lowest BCUT2D eigenvalue weighted by Gasteiger charge is -2.34. The minimum absolute atomic E-state index is 0.110. The minimum Gasteiger partial charge on any atom is -0.495 e. The molecule has 2 aromatic carbocycles. The molecule has 0 radical (unpaired) electrons. The zero-order valence-corrected chi connectivity index (χ0v) is 16.2. The molecule has 0 aliphatic carbocycles. The summed E-state index contributed by atoms with van der Waals surface area (Å²) in [5.41, 5.74) is 1.33. The number of piperazine rings is 1. The molecule has 1 fully saturated rings. The number of nitrogens with one attached hydrogen (secondary N) is 2. The fourth-order valence-corrected chi connectivity index (χ4v) is 3.49. The van der Waals surface area contributed by atoms with Crippen molar-refractivity contribution in [2.24, 2.45) is 0 Å². The third-order valence-corrected chi connectivity index (χ3v) is 5.06. The number of nitro groups is 1. The summed E-state index contributed by atoms with van der Waals surface area (Å²) in [7, 11) is 1.66. The maximum Gasteiger partial charge on any atom is 0.279 e. The summed E-state index contributed by atoms with van der Waals surface area (Å²) in [4.78, 5) is 26.0. The van der Waals surface area contributed by atoms with Crippen molar-refractivity contribution in [2.75, 3.05) is 50.1 Å². The van der Waals surface area contributed by atoms with Gasteiger partial charge in [-0.25, -0.2) is 0 Å². The van der Waals surface area contributed by atoms with Crippen molar-refractivity contribution in [3.63, 3.8) is 0 Å². The zero-order chi connectivity index (χ0) is 20.1. The normalized spacial score (nSPS) is 14.6. The second-order valence-corrected chi connectivity index (χ2v) is 6.96. The Morgan fingerprint density at radius 3 is 2.64 bits per heavy atom. The zero-order valence-electron chi connectivity index (χ0n) is 15.5. The number of hydrogen-bond donors (Lipinski definition) is 2. The molecule has 0 spiro atoms. The van der Waals surface area contributed by atoms with Gasteiger partial charge in [0.1, 0.15) is 5.75 Å². The summed E-state index contributed by atoms with van der Waals surface area (Å²) < 4.78 is 5.42. The van der Waals surface area contributed by atoms with Crippen molar-refractivity contribution in [3.8, 4) is 5.75 Å². The Kier molecular flexibility index (Phi) is 6.33. The molecule has 2 aromatic rings. The maximum atomic E-state index is 12.3. The average molecular weight is 406 g/mol. The minimum atomic E-state index is -0.525. The van der Waals surface area contributed by atoms with Gasteiger partial charge in [0, 0.05) is 12.1 Å². The summed E-state index contributed by atoms with van der Waals surface area (Å²) in [6.45, 7) is 3.59. The highest BCUT2D eigenvalue weighted by atomic mass is 35.5. The quantitative estimate of drug-likeness (QED) is 0.563. The number of benzene rings is 2. The molecule has 0 unspecified atom stereocenters. The lowest BCUT2D eigenvalue weighted by atomic mass is 10.2. The molecule has 0 atom stereocenters. The van der Waals surface area contributed by atoms with E-state index in [9.17, 15) is 14.9 Å². The topological polar surface area (TPSA) is 89.2 Å². The van der Waals surface area contributed by atoms with Gasteiger partial charge in [0.2, 0.25) is 0 Å². The van der Waals surface area contributed by atoms with E-state index in [4.69, 9.17) is 16.3 Å². The van der Waals surface area contributed by atoms with E-state index >= 15 is 0 Å². The maximum absolute atomic E-state index is 12.3. The van der Waals surface area contributed by atoms with Crippen LogP contribution in [0.4, 0.5) is 17.1 Å². The largest absolute Gasteiger partial charge is 0.495 e. The highest BCUT2D eigenvalue weighted by Crippen LogP contribution is 2.28. The number of rotatable bonds is 6. The number of halogens is 1. The fraction of sp³-hybridized carbons (Fsp3) is 0.316. The number of quaternary nitrogens is 1. The number of carbonyl (C=O) groups is 1. The van der Waals surface area contributed by atoms with Gasteiger partial charge in [0.05, 0.1) is 54.6 Å². The molecule has 0 bridgehead atoms. The third-order valence-electron chi connectivity index (χ3n) is 4.74. The molecule has 1 aliphatic rings. The number of carbonyl (C=O) groups excluding carboxylic acids is 1. The number of methoxy groups -OCH3 is 1. The second kappa shape index (κ2) is 8.90. The summed E-state index contributed by atoms with van der Waals surface area (Å²) in [5.74, 6) is 0.674. The lowest BCUT2D eigenvalue weighted by Crippen LogP contribution is -3.15. The molecule has 2 N–H and O–H groups in total. The summed E-state index contributed by atoms with van der Waals surface area (Å²) in [6.07, 6.45) is 0. The van der Waals surface area contributed by atoms with Crippen LogP contribution in [-0.2, 0) is 4.79 Å². The van der Waals surface area contributed by atoms with E-state index in [1.165, 1.54) is 23.1 Å². The molecule has 1 amide bonds. The predicted molar refractivity (Wildman–Crippen MR) is 108 cm³/mol. The van der Waals surface area contributed by atoms with Crippen LogP contribution in [-0.4, -0.2) is 50.7 Å². The van der Waals surface area contributed by atoms with Gasteiger partial charge < -0.3 is 19.9 Å². The number of hydrogen-bond acceptors (Lipinski definition) is 5. The Balaban J connectivity index is 1.53. The molecule has 1 saturated heterocycles. The Morgan fingerprint density at radius 2 is 2.00 bits per heavy atom. The van der Waals surface area contributed by atoms with Crippen LogP contribution < -0.4 is 19.9 Å². The standard InChI is InChI=1S/C19H21ClN4O4/c1-28-18-5-3-2-4-17(18)23-10-8-22(9-11-23)13-19(25)21-16-7-6-14(24(26)27)12-15(16)20/h2-7,12H,8-11,13H2,1H3,(H,21,25)/p+1. The number of para-hydroxylation sites is 2. The SMILES string of the molecule is COc1ccccc1N1CC[NH+](CC(=O)Nc2ccc([N+](=O)[O-])cc2Cl)CC1. The van der Waals surface area contributed by atoms with E-state index in [2.05, 4.69) is 10.2 Å². The van der Waals surface area contributed by atoms with Crippen molar-refractivity contribution in [1.82, 2.24) is 0 Å². The number of ether oxygens (including phenoxy) is 1. The molecular formula is C19H22ClN4O4+. The van der Waals surface area contributed by atoms with Gasteiger partial charge in [0.25, 0.3) is 11.6 Å². The van der Waals surface area contributed by atoms with Crippen LogP contribution in [0.3, 0.4) is 0 Å². The fourth-order valence-electron chi connectivity index (χ4n) is 3.27. The van der Waals surface area contributed by atoms with E-state index in [1.54, 1.807) is 7.11 Å². The van der Waals surface area contributed by atoms with Crippen molar-refractivity contribution < 1.29 is 19.4 Å². The van der Waals surface area contributed by atoms with E-state index < -0.39 is 4.92 Å². The summed E-state index contributed by atoms with van der Waals surface area (Å²) in [5, 5.41) is 13.7. The van der Waals surface area contributed by atoms with E-state index in [0.717, 1.165) is 37.6 Å². The van der Waals surface area contributed by atoms with E-state index in [0.29, 0.717) is 12.2 Å².